The molecule has 0 aromatic heterocycles. The molecule has 0 bridgehead atoms. The third kappa shape index (κ3) is 3.91. The van der Waals surface area contributed by atoms with E-state index in [2.05, 4.69) is 45.5 Å². The first kappa shape index (κ1) is 12.1. The first-order valence-corrected chi connectivity index (χ1v) is 7.12. The molecule has 0 spiro atoms. The summed E-state index contributed by atoms with van der Waals surface area (Å²) in [7, 11) is 0. The van der Waals surface area contributed by atoms with Gasteiger partial charge in [0, 0.05) is 17.1 Å². The predicted octanol–water partition coefficient (Wildman–Crippen LogP) is 4.26. The van der Waals surface area contributed by atoms with Crippen LogP contribution in [0.4, 0.5) is 0 Å². The maximum absolute atomic E-state index is 3.68. The highest BCUT2D eigenvalue weighted by molar-refractivity contribution is 9.10. The van der Waals surface area contributed by atoms with Crippen LogP contribution in [0.25, 0.3) is 0 Å². The Labute approximate surface area is 107 Å². The van der Waals surface area contributed by atoms with E-state index in [0.717, 1.165) is 17.1 Å². The van der Waals surface area contributed by atoms with Crippen molar-refractivity contribution in [3.8, 4) is 0 Å². The van der Waals surface area contributed by atoms with E-state index in [0.29, 0.717) is 0 Å². The normalized spacial score (nSPS) is 18.3. The Morgan fingerprint density at radius 2 is 1.62 bits per heavy atom. The molecule has 1 nitrogen and oxygen atoms in total. The molecule has 1 saturated carbocycles. The second-order valence-electron chi connectivity index (χ2n) is 4.70. The van der Waals surface area contributed by atoms with E-state index < -0.39 is 0 Å². The third-order valence-corrected chi connectivity index (χ3v) is 3.89. The molecular formula is C14H20BrN. The quantitative estimate of drug-likeness (QED) is 0.817. The van der Waals surface area contributed by atoms with E-state index >= 15 is 0 Å². The van der Waals surface area contributed by atoms with E-state index in [-0.39, 0.29) is 0 Å². The van der Waals surface area contributed by atoms with E-state index in [1.807, 2.05) is 0 Å². The number of hydrogen-bond donors (Lipinski definition) is 1. The number of hydrogen-bond acceptors (Lipinski definition) is 1. The molecule has 0 atom stereocenters. The highest BCUT2D eigenvalue weighted by Crippen LogP contribution is 2.18. The monoisotopic (exact) mass is 281 g/mol. The number of rotatable bonds is 3. The second-order valence-corrected chi connectivity index (χ2v) is 5.61. The van der Waals surface area contributed by atoms with Crippen LogP contribution < -0.4 is 5.32 Å². The first-order chi connectivity index (χ1) is 7.84. The Morgan fingerprint density at radius 3 is 2.25 bits per heavy atom. The van der Waals surface area contributed by atoms with Crippen LogP contribution >= 0.6 is 15.9 Å². The van der Waals surface area contributed by atoms with Crippen molar-refractivity contribution in [3.05, 3.63) is 34.3 Å². The molecule has 1 aliphatic rings. The minimum absolute atomic E-state index is 0.742. The van der Waals surface area contributed by atoms with Crippen LogP contribution in [-0.2, 0) is 6.54 Å². The van der Waals surface area contributed by atoms with Gasteiger partial charge in [-0.25, -0.2) is 0 Å². The first-order valence-electron chi connectivity index (χ1n) is 6.32. The van der Waals surface area contributed by atoms with Crippen molar-refractivity contribution >= 4 is 15.9 Å². The molecule has 88 valence electrons. The van der Waals surface area contributed by atoms with Crippen LogP contribution in [0.1, 0.15) is 44.1 Å². The summed E-state index contributed by atoms with van der Waals surface area (Å²) in [4.78, 5) is 0. The zero-order valence-electron chi connectivity index (χ0n) is 9.71. The second kappa shape index (κ2) is 6.41. The minimum Gasteiger partial charge on any atom is -0.310 e. The van der Waals surface area contributed by atoms with E-state index in [9.17, 15) is 0 Å². The van der Waals surface area contributed by atoms with Crippen molar-refractivity contribution in [2.24, 2.45) is 0 Å². The summed E-state index contributed by atoms with van der Waals surface area (Å²) in [6.45, 7) is 1.01. The third-order valence-electron chi connectivity index (χ3n) is 3.36. The largest absolute Gasteiger partial charge is 0.310 e. The van der Waals surface area contributed by atoms with Crippen LogP contribution in [0.2, 0.25) is 0 Å². The van der Waals surface area contributed by atoms with Crippen molar-refractivity contribution in [2.75, 3.05) is 0 Å². The Morgan fingerprint density at radius 1 is 1.00 bits per heavy atom. The number of benzene rings is 1. The number of nitrogens with one attached hydrogen (secondary N) is 1. The molecule has 0 unspecified atom stereocenters. The highest BCUT2D eigenvalue weighted by Gasteiger charge is 2.10. The molecule has 2 heteroatoms. The summed E-state index contributed by atoms with van der Waals surface area (Å²) in [5.41, 5.74) is 1.38. The smallest absolute Gasteiger partial charge is 0.0208 e. The standard InChI is InChI=1S/C14H20BrN/c15-13-9-7-12(8-10-13)11-16-14-5-3-1-2-4-6-14/h7-10,14,16H,1-6,11H2. The maximum Gasteiger partial charge on any atom is 0.0208 e. The Kier molecular flexibility index (Phi) is 4.86. The SMILES string of the molecule is Brc1ccc(CNC2CCCCCC2)cc1. The van der Waals surface area contributed by atoms with Gasteiger partial charge in [0.25, 0.3) is 0 Å². The van der Waals surface area contributed by atoms with Gasteiger partial charge in [0.15, 0.2) is 0 Å². The Bertz CT molecular complexity index is 299. The van der Waals surface area contributed by atoms with Gasteiger partial charge >= 0.3 is 0 Å². The van der Waals surface area contributed by atoms with Crippen molar-refractivity contribution in [2.45, 2.75) is 51.1 Å². The van der Waals surface area contributed by atoms with Crippen LogP contribution in [-0.4, -0.2) is 6.04 Å². The fraction of sp³-hybridized carbons (Fsp3) is 0.571. The fourth-order valence-electron chi connectivity index (χ4n) is 2.35. The molecular weight excluding hydrogens is 262 g/mol. The van der Waals surface area contributed by atoms with Gasteiger partial charge in [-0.3, -0.25) is 0 Å². The van der Waals surface area contributed by atoms with Gasteiger partial charge in [0.05, 0.1) is 0 Å². The molecule has 1 aromatic rings. The van der Waals surface area contributed by atoms with Crippen LogP contribution in [0, 0.1) is 0 Å². The molecule has 16 heavy (non-hydrogen) atoms. The lowest BCUT2D eigenvalue weighted by molar-refractivity contribution is 0.459. The van der Waals surface area contributed by atoms with Crippen molar-refractivity contribution in [3.63, 3.8) is 0 Å². The molecule has 1 aromatic carbocycles. The van der Waals surface area contributed by atoms with E-state index in [1.165, 1.54) is 44.1 Å². The average Bonchev–Trinajstić information content (AvgIpc) is 2.57. The van der Waals surface area contributed by atoms with Crippen LogP contribution in [0.15, 0.2) is 28.7 Å². The summed E-state index contributed by atoms with van der Waals surface area (Å²) in [6, 6.07) is 9.35. The highest BCUT2D eigenvalue weighted by atomic mass is 79.9. The summed E-state index contributed by atoms with van der Waals surface area (Å²) in [6.07, 6.45) is 8.37. The summed E-state index contributed by atoms with van der Waals surface area (Å²) in [5, 5.41) is 3.68. The van der Waals surface area contributed by atoms with Gasteiger partial charge in [0.1, 0.15) is 0 Å². The summed E-state index contributed by atoms with van der Waals surface area (Å²) < 4.78 is 1.16. The van der Waals surface area contributed by atoms with Crippen molar-refractivity contribution < 1.29 is 0 Å². The zero-order chi connectivity index (χ0) is 11.2. The predicted molar refractivity (Wildman–Crippen MR) is 72.5 cm³/mol. The van der Waals surface area contributed by atoms with Gasteiger partial charge in [0.2, 0.25) is 0 Å². The fourth-order valence-corrected chi connectivity index (χ4v) is 2.61. The lowest BCUT2D eigenvalue weighted by Crippen LogP contribution is -2.27. The Balaban J connectivity index is 1.79. The molecule has 1 fully saturated rings. The van der Waals surface area contributed by atoms with Crippen LogP contribution in [0.5, 0.6) is 0 Å². The molecule has 0 saturated heterocycles. The number of halogens is 1. The van der Waals surface area contributed by atoms with E-state index in [1.54, 1.807) is 0 Å². The maximum atomic E-state index is 3.68. The molecule has 0 heterocycles. The molecule has 0 amide bonds. The molecule has 1 aliphatic carbocycles. The molecule has 2 rings (SSSR count). The van der Waals surface area contributed by atoms with Gasteiger partial charge < -0.3 is 5.32 Å². The van der Waals surface area contributed by atoms with Crippen molar-refractivity contribution in [1.82, 2.24) is 5.32 Å². The minimum atomic E-state index is 0.742. The zero-order valence-corrected chi connectivity index (χ0v) is 11.3. The lowest BCUT2D eigenvalue weighted by atomic mass is 10.1. The molecule has 0 radical (unpaired) electrons. The summed E-state index contributed by atoms with van der Waals surface area (Å²) >= 11 is 3.46. The van der Waals surface area contributed by atoms with Gasteiger partial charge in [-0.05, 0) is 30.5 Å². The van der Waals surface area contributed by atoms with E-state index in [4.69, 9.17) is 0 Å². The topological polar surface area (TPSA) is 12.0 Å². The molecule has 1 N–H and O–H groups in total. The Hall–Kier alpha value is -0.340. The van der Waals surface area contributed by atoms with Gasteiger partial charge in [-0.1, -0.05) is 53.7 Å². The average molecular weight is 282 g/mol. The molecule has 0 aliphatic heterocycles. The van der Waals surface area contributed by atoms with Gasteiger partial charge in [-0.2, -0.15) is 0 Å². The van der Waals surface area contributed by atoms with Gasteiger partial charge in [-0.15, -0.1) is 0 Å². The van der Waals surface area contributed by atoms with Crippen molar-refractivity contribution in [1.29, 1.82) is 0 Å². The van der Waals surface area contributed by atoms with Crippen LogP contribution in [0.3, 0.4) is 0 Å². The summed E-state index contributed by atoms with van der Waals surface area (Å²) in [5.74, 6) is 0. The lowest BCUT2D eigenvalue weighted by Gasteiger charge is -2.16.